The van der Waals surface area contributed by atoms with Gasteiger partial charge in [-0.3, -0.25) is 0 Å². The summed E-state index contributed by atoms with van der Waals surface area (Å²) in [4.78, 5) is 0. The van der Waals surface area contributed by atoms with E-state index in [9.17, 15) is 0 Å². The molecule has 0 N–H and O–H groups in total. The molecule has 1 saturated heterocycles. The molecule has 0 aromatic heterocycles. The third kappa shape index (κ3) is 2.05. The van der Waals surface area contributed by atoms with Crippen LogP contribution in [0.5, 0.6) is 0 Å². The third-order valence-electron chi connectivity index (χ3n) is 3.47. The van der Waals surface area contributed by atoms with Gasteiger partial charge in [0.2, 0.25) is 0 Å². The Morgan fingerprint density at radius 2 is 2.13 bits per heavy atom. The van der Waals surface area contributed by atoms with Crippen LogP contribution < -0.4 is 0 Å². The highest BCUT2D eigenvalue weighted by molar-refractivity contribution is 5.19. The highest BCUT2D eigenvalue weighted by Gasteiger charge is 2.43. The highest BCUT2D eigenvalue weighted by Crippen LogP contribution is 2.42. The van der Waals surface area contributed by atoms with Gasteiger partial charge in [-0.25, -0.2) is 0 Å². The van der Waals surface area contributed by atoms with Crippen LogP contribution in [0.3, 0.4) is 0 Å². The Balaban J connectivity index is 2.12. The number of hydrogen-bond donors (Lipinski definition) is 0. The molecule has 2 aliphatic rings. The minimum atomic E-state index is -0.158. The van der Waals surface area contributed by atoms with E-state index in [-0.39, 0.29) is 11.0 Å². The SMILES string of the molecule is CC[C@H]1CC[C@](C)(C2=CC(C)(C)CO2)O1. The van der Waals surface area contributed by atoms with E-state index < -0.39 is 0 Å². The van der Waals surface area contributed by atoms with Gasteiger partial charge >= 0.3 is 0 Å². The van der Waals surface area contributed by atoms with E-state index in [2.05, 4.69) is 33.8 Å². The second-order valence-electron chi connectivity index (χ2n) is 5.70. The smallest absolute Gasteiger partial charge is 0.124 e. The summed E-state index contributed by atoms with van der Waals surface area (Å²) >= 11 is 0. The third-order valence-corrected chi connectivity index (χ3v) is 3.47. The van der Waals surface area contributed by atoms with Gasteiger partial charge in [-0.2, -0.15) is 0 Å². The fourth-order valence-electron chi connectivity index (χ4n) is 2.40. The molecule has 0 saturated carbocycles. The Kier molecular flexibility index (Phi) is 2.58. The average molecular weight is 210 g/mol. The van der Waals surface area contributed by atoms with E-state index in [0.717, 1.165) is 31.6 Å². The molecule has 0 unspecified atom stereocenters. The summed E-state index contributed by atoms with van der Waals surface area (Å²) in [7, 11) is 0. The Hall–Kier alpha value is -0.500. The molecule has 1 fully saturated rings. The van der Waals surface area contributed by atoms with E-state index in [4.69, 9.17) is 9.47 Å². The summed E-state index contributed by atoms with van der Waals surface area (Å²) in [5, 5.41) is 0. The first-order valence-corrected chi connectivity index (χ1v) is 5.99. The van der Waals surface area contributed by atoms with Gasteiger partial charge in [0, 0.05) is 5.41 Å². The van der Waals surface area contributed by atoms with E-state index in [1.54, 1.807) is 0 Å². The van der Waals surface area contributed by atoms with Crippen molar-refractivity contribution in [3.05, 3.63) is 11.8 Å². The van der Waals surface area contributed by atoms with Crippen LogP contribution in [0.2, 0.25) is 0 Å². The molecule has 15 heavy (non-hydrogen) atoms. The molecule has 0 amide bonds. The van der Waals surface area contributed by atoms with Gasteiger partial charge in [-0.05, 0) is 32.3 Å². The lowest BCUT2D eigenvalue weighted by atomic mass is 9.92. The van der Waals surface area contributed by atoms with Crippen molar-refractivity contribution in [3.63, 3.8) is 0 Å². The van der Waals surface area contributed by atoms with E-state index >= 15 is 0 Å². The maximum absolute atomic E-state index is 6.08. The van der Waals surface area contributed by atoms with Crippen LogP contribution in [0.4, 0.5) is 0 Å². The molecule has 0 bridgehead atoms. The van der Waals surface area contributed by atoms with Gasteiger partial charge in [-0.15, -0.1) is 0 Å². The van der Waals surface area contributed by atoms with Crippen molar-refractivity contribution in [3.8, 4) is 0 Å². The number of ether oxygens (including phenoxy) is 2. The average Bonchev–Trinajstić information content (AvgIpc) is 2.70. The van der Waals surface area contributed by atoms with Crippen LogP contribution in [0, 0.1) is 5.41 Å². The molecule has 2 atom stereocenters. The zero-order valence-electron chi connectivity index (χ0n) is 10.3. The lowest BCUT2D eigenvalue weighted by molar-refractivity contribution is -0.0377. The maximum atomic E-state index is 6.08. The fraction of sp³-hybridized carbons (Fsp3) is 0.846. The van der Waals surface area contributed by atoms with Crippen molar-refractivity contribution in [1.29, 1.82) is 0 Å². The highest BCUT2D eigenvalue weighted by atomic mass is 16.6. The molecule has 2 nitrogen and oxygen atoms in total. The van der Waals surface area contributed by atoms with Crippen LogP contribution >= 0.6 is 0 Å². The summed E-state index contributed by atoms with van der Waals surface area (Å²) in [6, 6.07) is 0. The molecular formula is C13H22O2. The van der Waals surface area contributed by atoms with Crippen molar-refractivity contribution in [1.82, 2.24) is 0 Å². The lowest BCUT2D eigenvalue weighted by Crippen LogP contribution is -2.27. The molecule has 2 heteroatoms. The molecule has 0 radical (unpaired) electrons. The van der Waals surface area contributed by atoms with Gasteiger partial charge in [0.15, 0.2) is 0 Å². The largest absolute Gasteiger partial charge is 0.494 e. The van der Waals surface area contributed by atoms with Crippen molar-refractivity contribution in [2.45, 2.75) is 58.7 Å². The van der Waals surface area contributed by atoms with Gasteiger partial charge < -0.3 is 9.47 Å². The molecule has 0 spiro atoms. The maximum Gasteiger partial charge on any atom is 0.124 e. The summed E-state index contributed by atoms with van der Waals surface area (Å²) in [6.45, 7) is 9.55. The second-order valence-corrected chi connectivity index (χ2v) is 5.70. The predicted molar refractivity (Wildman–Crippen MR) is 60.6 cm³/mol. The van der Waals surface area contributed by atoms with Crippen molar-refractivity contribution in [2.24, 2.45) is 5.41 Å². The van der Waals surface area contributed by atoms with E-state index in [0.29, 0.717) is 6.10 Å². The molecule has 2 aliphatic heterocycles. The molecule has 0 aliphatic carbocycles. The van der Waals surface area contributed by atoms with Crippen LogP contribution in [-0.4, -0.2) is 18.3 Å². The zero-order valence-corrected chi connectivity index (χ0v) is 10.3. The fourth-order valence-corrected chi connectivity index (χ4v) is 2.40. The normalized spacial score (nSPS) is 38.9. The van der Waals surface area contributed by atoms with Crippen molar-refractivity contribution < 1.29 is 9.47 Å². The quantitative estimate of drug-likeness (QED) is 0.696. The second kappa shape index (κ2) is 3.51. The topological polar surface area (TPSA) is 18.5 Å². The monoisotopic (exact) mass is 210 g/mol. The summed E-state index contributed by atoms with van der Waals surface area (Å²) in [6.07, 6.45) is 6.02. The standard InChI is InChI=1S/C13H22O2/c1-5-10-6-7-13(4,15-10)11-8-12(2,3)9-14-11/h8,10H,5-7,9H2,1-4H3/t10-,13+/m0/s1. The number of rotatable bonds is 2. The van der Waals surface area contributed by atoms with Crippen LogP contribution in [0.15, 0.2) is 11.8 Å². The summed E-state index contributed by atoms with van der Waals surface area (Å²) in [5.74, 6) is 1.06. The Morgan fingerprint density at radius 3 is 2.60 bits per heavy atom. The first-order chi connectivity index (χ1) is 6.95. The Labute approximate surface area is 92.6 Å². The van der Waals surface area contributed by atoms with Crippen molar-refractivity contribution >= 4 is 0 Å². The molecular weight excluding hydrogens is 188 g/mol. The summed E-state index contributed by atoms with van der Waals surface area (Å²) < 4.78 is 11.9. The van der Waals surface area contributed by atoms with Crippen molar-refractivity contribution in [2.75, 3.05) is 6.61 Å². The minimum Gasteiger partial charge on any atom is -0.494 e. The van der Waals surface area contributed by atoms with Gasteiger partial charge in [0.05, 0.1) is 12.7 Å². The Morgan fingerprint density at radius 1 is 1.40 bits per heavy atom. The minimum absolute atomic E-state index is 0.158. The molecule has 0 aromatic carbocycles. The van der Waals surface area contributed by atoms with E-state index in [1.165, 1.54) is 0 Å². The lowest BCUT2D eigenvalue weighted by Gasteiger charge is -2.25. The molecule has 0 aromatic rings. The first kappa shape index (κ1) is 11.0. The predicted octanol–water partition coefficient (Wildman–Crippen LogP) is 3.27. The van der Waals surface area contributed by atoms with Gasteiger partial charge in [0.1, 0.15) is 11.4 Å². The van der Waals surface area contributed by atoms with E-state index in [1.807, 2.05) is 0 Å². The van der Waals surface area contributed by atoms with Gasteiger partial charge in [-0.1, -0.05) is 20.8 Å². The van der Waals surface area contributed by atoms with Crippen LogP contribution in [0.25, 0.3) is 0 Å². The first-order valence-electron chi connectivity index (χ1n) is 5.99. The zero-order chi connectivity index (χ0) is 11.1. The molecule has 86 valence electrons. The molecule has 2 rings (SSSR count). The Bertz CT molecular complexity index is 280. The summed E-state index contributed by atoms with van der Waals surface area (Å²) in [5.41, 5.74) is 0.0143. The number of hydrogen-bond acceptors (Lipinski definition) is 2. The van der Waals surface area contributed by atoms with Crippen LogP contribution in [0.1, 0.15) is 47.0 Å². The van der Waals surface area contributed by atoms with Gasteiger partial charge in [0.25, 0.3) is 0 Å². The van der Waals surface area contributed by atoms with Crippen LogP contribution in [-0.2, 0) is 9.47 Å². The molecule has 2 heterocycles.